The number of anilines is 1. The van der Waals surface area contributed by atoms with E-state index in [4.69, 9.17) is 10.5 Å². The zero-order valence-corrected chi connectivity index (χ0v) is 9.81. The van der Waals surface area contributed by atoms with Gasteiger partial charge in [0, 0.05) is 6.20 Å². The third-order valence-electron chi connectivity index (χ3n) is 1.97. The smallest absolute Gasteiger partial charge is 0.233 e. The van der Waals surface area contributed by atoms with Crippen molar-refractivity contribution >= 4 is 21.6 Å². The number of nitrogen functional groups attached to an aromatic ring is 1. The van der Waals surface area contributed by atoms with Gasteiger partial charge in [-0.3, -0.25) is 0 Å². The van der Waals surface area contributed by atoms with Crippen LogP contribution in [0.1, 0.15) is 0 Å². The quantitative estimate of drug-likeness (QED) is 0.656. The van der Waals surface area contributed by atoms with Gasteiger partial charge in [0.15, 0.2) is 5.75 Å². The number of pyridine rings is 1. The highest BCUT2D eigenvalue weighted by atomic mass is 79.9. The Kier molecular flexibility index (Phi) is 2.96. The maximum Gasteiger partial charge on any atom is 0.233 e. The molecule has 1 aromatic heterocycles. The van der Waals surface area contributed by atoms with Crippen LogP contribution in [-0.2, 0) is 0 Å². The van der Waals surface area contributed by atoms with Crippen LogP contribution < -0.4 is 10.5 Å². The molecule has 0 radical (unpaired) electrons. The van der Waals surface area contributed by atoms with Crippen molar-refractivity contribution in [3.8, 4) is 17.4 Å². The number of nitrogens with zero attached hydrogens (tertiary/aromatic N) is 1. The second-order valence-electron chi connectivity index (χ2n) is 3.08. The molecule has 2 aromatic rings. The lowest BCUT2D eigenvalue weighted by Crippen LogP contribution is -1.94. The number of nitrogens with two attached hydrogens (primary N) is 1. The van der Waals surface area contributed by atoms with Crippen molar-refractivity contribution in [3.63, 3.8) is 0 Å². The molecule has 0 amide bonds. The molecule has 1 heterocycles. The van der Waals surface area contributed by atoms with E-state index in [1.807, 2.05) is 0 Å². The van der Waals surface area contributed by atoms with E-state index in [-0.39, 0.29) is 11.4 Å². The largest absolute Gasteiger partial charge is 0.506 e. The molecule has 82 valence electrons. The van der Waals surface area contributed by atoms with Crippen LogP contribution >= 0.6 is 15.9 Å². The lowest BCUT2D eigenvalue weighted by molar-refractivity contribution is 0.448. The summed E-state index contributed by atoms with van der Waals surface area (Å²) in [4.78, 5) is 4.04. The Labute approximate surface area is 101 Å². The van der Waals surface area contributed by atoms with Gasteiger partial charge < -0.3 is 15.6 Å². The number of benzene rings is 1. The maximum absolute atomic E-state index is 9.41. The number of hydrogen-bond donors (Lipinski definition) is 2. The summed E-state index contributed by atoms with van der Waals surface area (Å²) in [7, 11) is 0. The number of hydrogen-bond acceptors (Lipinski definition) is 4. The van der Waals surface area contributed by atoms with E-state index >= 15 is 0 Å². The van der Waals surface area contributed by atoms with Crippen LogP contribution in [0.3, 0.4) is 0 Å². The van der Waals surface area contributed by atoms with Crippen molar-refractivity contribution in [1.82, 2.24) is 4.98 Å². The normalized spacial score (nSPS) is 10.1. The first-order valence-corrected chi connectivity index (χ1v) is 5.33. The zero-order valence-electron chi connectivity index (χ0n) is 8.22. The molecule has 1 aromatic carbocycles. The summed E-state index contributed by atoms with van der Waals surface area (Å²) in [6.45, 7) is 0. The Morgan fingerprint density at radius 3 is 2.81 bits per heavy atom. The number of aromatic nitrogens is 1. The third kappa shape index (κ3) is 2.09. The number of phenolic OH excluding ortho intramolecular Hbond substituents is 1. The minimum atomic E-state index is -0.00967. The summed E-state index contributed by atoms with van der Waals surface area (Å²) in [5, 5.41) is 9.41. The minimum absolute atomic E-state index is 0.00967. The van der Waals surface area contributed by atoms with E-state index in [1.54, 1.807) is 30.5 Å². The maximum atomic E-state index is 9.41. The average Bonchev–Trinajstić information content (AvgIpc) is 2.28. The molecule has 0 saturated carbocycles. The zero-order chi connectivity index (χ0) is 11.5. The number of aromatic hydroxyl groups is 1. The van der Waals surface area contributed by atoms with Gasteiger partial charge >= 0.3 is 0 Å². The van der Waals surface area contributed by atoms with Gasteiger partial charge in [-0.2, -0.15) is 0 Å². The van der Waals surface area contributed by atoms with E-state index in [0.717, 1.165) is 4.47 Å². The van der Waals surface area contributed by atoms with Gasteiger partial charge in [-0.05, 0) is 40.2 Å². The molecule has 2 rings (SSSR count). The molecule has 4 nitrogen and oxygen atoms in total. The first kappa shape index (κ1) is 10.8. The highest BCUT2D eigenvalue weighted by Gasteiger charge is 2.08. The molecule has 0 aliphatic heterocycles. The predicted molar refractivity (Wildman–Crippen MR) is 64.5 cm³/mol. The topological polar surface area (TPSA) is 68.4 Å². The van der Waals surface area contributed by atoms with Crippen LogP contribution in [0.5, 0.6) is 17.4 Å². The van der Waals surface area contributed by atoms with Gasteiger partial charge in [0.25, 0.3) is 0 Å². The molecule has 0 fully saturated rings. The van der Waals surface area contributed by atoms with E-state index in [0.29, 0.717) is 11.6 Å². The lowest BCUT2D eigenvalue weighted by atomic mass is 10.3. The van der Waals surface area contributed by atoms with Crippen LogP contribution in [0.15, 0.2) is 41.0 Å². The van der Waals surface area contributed by atoms with Crippen LogP contribution in [0.4, 0.5) is 5.69 Å². The molecule has 0 bridgehead atoms. The monoisotopic (exact) mass is 280 g/mol. The molecule has 16 heavy (non-hydrogen) atoms. The lowest BCUT2D eigenvalue weighted by Gasteiger charge is -2.09. The standard InChI is InChI=1S/C11H9BrN2O2/c12-7-3-2-6-14-11(7)16-9-5-1-4-8(15)10(9)13/h1-6,15H,13H2. The molecular weight excluding hydrogens is 272 g/mol. The van der Waals surface area contributed by atoms with Crippen molar-refractivity contribution < 1.29 is 9.84 Å². The molecule has 0 aliphatic carbocycles. The summed E-state index contributed by atoms with van der Waals surface area (Å²) in [6.07, 6.45) is 1.61. The average molecular weight is 281 g/mol. The summed E-state index contributed by atoms with van der Waals surface area (Å²) < 4.78 is 6.20. The Morgan fingerprint density at radius 2 is 2.06 bits per heavy atom. The first-order chi connectivity index (χ1) is 7.68. The number of rotatable bonds is 2. The first-order valence-electron chi connectivity index (χ1n) is 4.54. The fourth-order valence-corrected chi connectivity index (χ4v) is 1.51. The molecule has 0 saturated heterocycles. The minimum Gasteiger partial charge on any atom is -0.506 e. The third-order valence-corrected chi connectivity index (χ3v) is 2.58. The summed E-state index contributed by atoms with van der Waals surface area (Å²) in [5.74, 6) is 0.767. The second kappa shape index (κ2) is 4.40. The van der Waals surface area contributed by atoms with Crippen molar-refractivity contribution in [2.75, 3.05) is 5.73 Å². The van der Waals surface area contributed by atoms with Gasteiger partial charge in [-0.1, -0.05) is 6.07 Å². The molecule has 5 heteroatoms. The van der Waals surface area contributed by atoms with Crippen molar-refractivity contribution in [3.05, 3.63) is 41.0 Å². The molecule has 0 aliphatic rings. The van der Waals surface area contributed by atoms with E-state index in [1.165, 1.54) is 6.07 Å². The Morgan fingerprint density at radius 1 is 1.25 bits per heavy atom. The van der Waals surface area contributed by atoms with Gasteiger partial charge in [0.05, 0.1) is 4.47 Å². The number of halogens is 1. The van der Waals surface area contributed by atoms with E-state index < -0.39 is 0 Å². The number of phenols is 1. The van der Waals surface area contributed by atoms with Crippen molar-refractivity contribution in [2.24, 2.45) is 0 Å². The fraction of sp³-hybridized carbons (Fsp3) is 0. The van der Waals surface area contributed by atoms with Gasteiger partial charge in [0.1, 0.15) is 11.4 Å². The molecule has 3 N–H and O–H groups in total. The summed E-state index contributed by atoms with van der Waals surface area (Å²) in [6, 6.07) is 8.40. The van der Waals surface area contributed by atoms with Crippen molar-refractivity contribution in [2.45, 2.75) is 0 Å². The Bertz CT molecular complexity index is 517. The van der Waals surface area contributed by atoms with E-state index in [9.17, 15) is 5.11 Å². The SMILES string of the molecule is Nc1c(O)cccc1Oc1ncccc1Br. The van der Waals surface area contributed by atoms with Crippen LogP contribution in [0, 0.1) is 0 Å². The Hall–Kier alpha value is -1.75. The molecule has 0 unspecified atom stereocenters. The molecular formula is C11H9BrN2O2. The van der Waals surface area contributed by atoms with Crippen LogP contribution in [0.25, 0.3) is 0 Å². The predicted octanol–water partition coefficient (Wildman–Crippen LogP) is 2.92. The Balaban J connectivity index is 2.35. The van der Waals surface area contributed by atoms with Gasteiger partial charge in [-0.25, -0.2) is 4.98 Å². The summed E-state index contributed by atoms with van der Waals surface area (Å²) >= 11 is 3.31. The molecule has 0 spiro atoms. The molecule has 0 atom stereocenters. The van der Waals surface area contributed by atoms with Gasteiger partial charge in [0.2, 0.25) is 5.88 Å². The number of ether oxygens (including phenoxy) is 1. The van der Waals surface area contributed by atoms with Gasteiger partial charge in [-0.15, -0.1) is 0 Å². The van der Waals surface area contributed by atoms with E-state index in [2.05, 4.69) is 20.9 Å². The summed E-state index contributed by atoms with van der Waals surface area (Å²) in [5.41, 5.74) is 5.86. The fourth-order valence-electron chi connectivity index (χ4n) is 1.17. The number of para-hydroxylation sites is 1. The highest BCUT2D eigenvalue weighted by molar-refractivity contribution is 9.10. The second-order valence-corrected chi connectivity index (χ2v) is 3.94. The van der Waals surface area contributed by atoms with Crippen molar-refractivity contribution in [1.29, 1.82) is 0 Å². The van der Waals surface area contributed by atoms with Crippen LogP contribution in [0.2, 0.25) is 0 Å². The highest BCUT2D eigenvalue weighted by Crippen LogP contribution is 2.34. The van der Waals surface area contributed by atoms with Crippen LogP contribution in [-0.4, -0.2) is 10.1 Å².